The predicted molar refractivity (Wildman–Crippen MR) is 100 cm³/mol. The van der Waals surface area contributed by atoms with Crippen molar-refractivity contribution < 1.29 is 26.4 Å². The van der Waals surface area contributed by atoms with Crippen LogP contribution in [0.2, 0.25) is 0 Å². The third-order valence-corrected chi connectivity index (χ3v) is 6.41. The molecule has 2 heterocycles. The van der Waals surface area contributed by atoms with Crippen LogP contribution in [0.3, 0.4) is 0 Å². The third-order valence-electron chi connectivity index (χ3n) is 5.21. The van der Waals surface area contributed by atoms with Crippen LogP contribution in [0, 0.1) is 17.5 Å². The second kappa shape index (κ2) is 7.03. The molecule has 0 unspecified atom stereocenters. The van der Waals surface area contributed by atoms with Gasteiger partial charge < -0.3 is 4.90 Å². The summed E-state index contributed by atoms with van der Waals surface area (Å²) in [6.45, 7) is 0.789. The molecule has 2 aliphatic rings. The van der Waals surface area contributed by atoms with Crippen molar-refractivity contribution in [3.05, 3.63) is 64.5 Å². The molecule has 1 saturated heterocycles. The number of nitrogens with zero attached hydrogens (tertiary/aromatic N) is 3. The number of amides is 2. The standard InChI is InChI=1S/C19H18F3N3O3S/c1-29(27,28)24-9-12-2-3-15(6-13(12)10-24)25-5-4-23(19(25)26)11-16-17(21)7-14(20)8-18(16)22/h2-3,6-8H,4-5,9-11H2,1H3. The van der Waals surface area contributed by atoms with Crippen LogP contribution in [0.5, 0.6) is 0 Å². The van der Waals surface area contributed by atoms with Crippen LogP contribution in [-0.4, -0.2) is 43.0 Å². The van der Waals surface area contributed by atoms with Gasteiger partial charge in [-0.05, 0) is 23.3 Å². The van der Waals surface area contributed by atoms with Crippen molar-refractivity contribution in [3.63, 3.8) is 0 Å². The van der Waals surface area contributed by atoms with E-state index < -0.39 is 33.5 Å². The number of rotatable bonds is 4. The van der Waals surface area contributed by atoms with Gasteiger partial charge >= 0.3 is 6.03 Å². The summed E-state index contributed by atoms with van der Waals surface area (Å²) >= 11 is 0. The van der Waals surface area contributed by atoms with Gasteiger partial charge in [0.2, 0.25) is 10.0 Å². The average molecular weight is 425 g/mol. The first-order valence-electron chi connectivity index (χ1n) is 8.90. The number of hydrogen-bond donors (Lipinski definition) is 0. The zero-order valence-corrected chi connectivity index (χ0v) is 16.3. The highest BCUT2D eigenvalue weighted by Gasteiger charge is 2.32. The van der Waals surface area contributed by atoms with Gasteiger partial charge in [0, 0.05) is 49.6 Å². The third kappa shape index (κ3) is 3.69. The zero-order valence-electron chi connectivity index (χ0n) is 15.5. The molecule has 0 N–H and O–H groups in total. The molecule has 0 aromatic heterocycles. The summed E-state index contributed by atoms with van der Waals surface area (Å²) in [5.41, 5.74) is 1.92. The van der Waals surface area contributed by atoms with Crippen molar-refractivity contribution in [1.82, 2.24) is 9.21 Å². The summed E-state index contributed by atoms with van der Waals surface area (Å²) in [5.74, 6) is -3.08. The molecule has 0 bridgehead atoms. The van der Waals surface area contributed by atoms with Crippen molar-refractivity contribution in [2.75, 3.05) is 24.2 Å². The first-order valence-corrected chi connectivity index (χ1v) is 10.7. The summed E-state index contributed by atoms with van der Waals surface area (Å²) < 4.78 is 65.8. The molecule has 2 aliphatic heterocycles. The molecule has 0 radical (unpaired) electrons. The number of fused-ring (bicyclic) bond motifs is 1. The number of carbonyl (C=O) groups is 1. The minimum atomic E-state index is -3.32. The molecular weight excluding hydrogens is 407 g/mol. The molecule has 10 heteroatoms. The Hall–Kier alpha value is -2.59. The van der Waals surface area contributed by atoms with E-state index in [2.05, 4.69) is 0 Å². The highest BCUT2D eigenvalue weighted by molar-refractivity contribution is 7.88. The van der Waals surface area contributed by atoms with Crippen LogP contribution < -0.4 is 4.90 Å². The van der Waals surface area contributed by atoms with Crippen molar-refractivity contribution in [2.24, 2.45) is 0 Å². The molecular formula is C19H18F3N3O3S. The smallest absolute Gasteiger partial charge is 0.318 e. The van der Waals surface area contributed by atoms with Crippen molar-refractivity contribution in [1.29, 1.82) is 0 Å². The van der Waals surface area contributed by atoms with Gasteiger partial charge in [-0.3, -0.25) is 4.90 Å². The van der Waals surface area contributed by atoms with Crippen LogP contribution in [-0.2, 0) is 29.7 Å². The minimum absolute atomic E-state index is 0.236. The van der Waals surface area contributed by atoms with Crippen molar-refractivity contribution in [2.45, 2.75) is 19.6 Å². The maximum absolute atomic E-state index is 13.9. The van der Waals surface area contributed by atoms with Crippen LogP contribution in [0.1, 0.15) is 16.7 Å². The van der Waals surface area contributed by atoms with Gasteiger partial charge in [0.15, 0.2) is 0 Å². The van der Waals surface area contributed by atoms with Gasteiger partial charge in [0.1, 0.15) is 17.5 Å². The highest BCUT2D eigenvalue weighted by Crippen LogP contribution is 2.31. The van der Waals surface area contributed by atoms with E-state index in [0.29, 0.717) is 24.4 Å². The predicted octanol–water partition coefficient (Wildman–Crippen LogP) is 2.82. The minimum Gasteiger partial charge on any atom is -0.318 e. The van der Waals surface area contributed by atoms with E-state index in [9.17, 15) is 26.4 Å². The Labute approximate surface area is 166 Å². The largest absolute Gasteiger partial charge is 0.324 e. The maximum Gasteiger partial charge on any atom is 0.324 e. The molecule has 4 rings (SSSR count). The summed E-state index contributed by atoms with van der Waals surface area (Å²) in [7, 11) is -3.32. The number of benzene rings is 2. The topological polar surface area (TPSA) is 60.9 Å². The van der Waals surface area contributed by atoms with E-state index in [1.54, 1.807) is 18.2 Å². The van der Waals surface area contributed by atoms with Crippen LogP contribution >= 0.6 is 0 Å². The average Bonchev–Trinajstić information content (AvgIpc) is 3.21. The van der Waals surface area contributed by atoms with Crippen LogP contribution in [0.25, 0.3) is 0 Å². The maximum atomic E-state index is 13.9. The molecule has 2 aromatic carbocycles. The van der Waals surface area contributed by atoms with Gasteiger partial charge in [0.05, 0.1) is 12.8 Å². The SMILES string of the molecule is CS(=O)(=O)N1Cc2ccc(N3CCN(Cc4c(F)cc(F)cc4F)C3=O)cc2C1. The lowest BCUT2D eigenvalue weighted by Gasteiger charge is -2.20. The molecule has 154 valence electrons. The molecule has 2 aromatic rings. The molecule has 1 fully saturated rings. The number of anilines is 1. The number of carbonyl (C=O) groups excluding carboxylic acids is 1. The van der Waals surface area contributed by atoms with Crippen LogP contribution in [0.4, 0.5) is 23.7 Å². The molecule has 0 aliphatic carbocycles. The Bertz CT molecular complexity index is 1080. The molecule has 29 heavy (non-hydrogen) atoms. The highest BCUT2D eigenvalue weighted by atomic mass is 32.2. The number of hydrogen-bond acceptors (Lipinski definition) is 3. The van der Waals surface area contributed by atoms with E-state index >= 15 is 0 Å². The first-order chi connectivity index (χ1) is 13.6. The molecule has 0 spiro atoms. The molecule has 0 atom stereocenters. The van der Waals surface area contributed by atoms with Crippen LogP contribution in [0.15, 0.2) is 30.3 Å². The number of urea groups is 1. The van der Waals surface area contributed by atoms with E-state index in [1.807, 2.05) is 0 Å². The molecule has 0 saturated carbocycles. The first kappa shape index (κ1) is 19.7. The Morgan fingerprint density at radius 1 is 0.966 bits per heavy atom. The lowest BCUT2D eigenvalue weighted by atomic mass is 10.1. The summed E-state index contributed by atoms with van der Waals surface area (Å²) in [5, 5.41) is 0. The van der Waals surface area contributed by atoms with Crippen molar-refractivity contribution in [3.8, 4) is 0 Å². The monoisotopic (exact) mass is 425 g/mol. The second-order valence-electron chi connectivity index (χ2n) is 7.19. The normalized spacial score (nSPS) is 17.3. The van der Waals surface area contributed by atoms with Gasteiger partial charge in [0.25, 0.3) is 0 Å². The Morgan fingerprint density at radius 2 is 1.62 bits per heavy atom. The second-order valence-corrected chi connectivity index (χ2v) is 9.17. The van der Waals surface area contributed by atoms with E-state index in [1.165, 1.54) is 14.1 Å². The van der Waals surface area contributed by atoms with E-state index in [0.717, 1.165) is 17.4 Å². The molecule has 2 amide bonds. The fraction of sp³-hybridized carbons (Fsp3) is 0.316. The lowest BCUT2D eigenvalue weighted by Crippen LogP contribution is -2.32. The summed E-state index contributed by atoms with van der Waals surface area (Å²) in [4.78, 5) is 15.5. The number of halogens is 3. The van der Waals surface area contributed by atoms with Gasteiger partial charge in [-0.25, -0.2) is 26.4 Å². The van der Waals surface area contributed by atoms with Gasteiger partial charge in [-0.1, -0.05) is 6.07 Å². The van der Waals surface area contributed by atoms with Crippen molar-refractivity contribution >= 4 is 21.7 Å². The van der Waals surface area contributed by atoms with Gasteiger partial charge in [-0.15, -0.1) is 0 Å². The summed E-state index contributed by atoms with van der Waals surface area (Å²) in [6.07, 6.45) is 1.15. The Kier molecular flexibility index (Phi) is 4.78. The molecule has 6 nitrogen and oxygen atoms in total. The van der Waals surface area contributed by atoms with E-state index in [4.69, 9.17) is 0 Å². The van der Waals surface area contributed by atoms with Gasteiger partial charge in [-0.2, -0.15) is 4.31 Å². The summed E-state index contributed by atoms with van der Waals surface area (Å²) in [6, 6.07) is 6.03. The fourth-order valence-corrected chi connectivity index (χ4v) is 4.38. The fourth-order valence-electron chi connectivity index (χ4n) is 3.64. The van der Waals surface area contributed by atoms with E-state index in [-0.39, 0.29) is 31.7 Å². The Morgan fingerprint density at radius 3 is 2.28 bits per heavy atom. The number of sulfonamides is 1. The zero-order chi connectivity index (χ0) is 20.9. The Balaban J connectivity index is 1.52. The lowest BCUT2D eigenvalue weighted by molar-refractivity contribution is 0.217. The quantitative estimate of drug-likeness (QED) is 0.757.